The lowest BCUT2D eigenvalue weighted by molar-refractivity contribution is -0.121. The van der Waals surface area contributed by atoms with Crippen LogP contribution >= 0.6 is 0 Å². The summed E-state index contributed by atoms with van der Waals surface area (Å²) in [5, 5.41) is 10.8. The zero-order chi connectivity index (χ0) is 17.5. The van der Waals surface area contributed by atoms with Gasteiger partial charge in [0.2, 0.25) is 5.91 Å². The summed E-state index contributed by atoms with van der Waals surface area (Å²) in [5.74, 6) is 0.243. The zero-order valence-corrected chi connectivity index (χ0v) is 13.5. The van der Waals surface area contributed by atoms with E-state index in [9.17, 15) is 9.59 Å². The van der Waals surface area contributed by atoms with E-state index in [1.165, 1.54) is 0 Å². The molecule has 0 aliphatic carbocycles. The molecule has 2 aromatic heterocycles. The number of hydrogen-bond donors (Lipinski definition) is 2. The number of aromatic nitrogens is 4. The minimum absolute atomic E-state index is 0.162. The molecule has 2 heterocycles. The third kappa shape index (κ3) is 4.57. The monoisotopic (exact) mass is 335 g/mol. The van der Waals surface area contributed by atoms with E-state index < -0.39 is 0 Å². The smallest absolute Gasteiger partial charge is 0.273 e. The maximum absolute atomic E-state index is 12.1. The van der Waals surface area contributed by atoms with Crippen LogP contribution in [0.3, 0.4) is 0 Å². The van der Waals surface area contributed by atoms with Crippen molar-refractivity contribution in [3.63, 3.8) is 0 Å². The van der Waals surface area contributed by atoms with Crippen molar-refractivity contribution in [2.45, 2.75) is 19.4 Å². The number of amides is 1. The van der Waals surface area contributed by atoms with E-state index in [-0.39, 0.29) is 30.0 Å². The molecule has 0 saturated carbocycles. The van der Waals surface area contributed by atoms with Gasteiger partial charge in [-0.2, -0.15) is 0 Å². The van der Waals surface area contributed by atoms with Crippen LogP contribution in [0.15, 0.2) is 59.5 Å². The Kier molecular flexibility index (Phi) is 5.26. The number of nitrogens with one attached hydrogen (secondary N) is 2. The Balaban J connectivity index is 1.56. The molecule has 126 valence electrons. The van der Waals surface area contributed by atoms with Gasteiger partial charge < -0.3 is 10.3 Å². The van der Waals surface area contributed by atoms with Crippen LogP contribution in [0.2, 0.25) is 0 Å². The number of pyridine rings is 1. The highest BCUT2D eigenvalue weighted by molar-refractivity contribution is 5.76. The molecule has 25 heavy (non-hydrogen) atoms. The Bertz CT molecular complexity index is 894. The van der Waals surface area contributed by atoms with Crippen molar-refractivity contribution in [2.24, 2.45) is 0 Å². The highest BCUT2D eigenvalue weighted by Crippen LogP contribution is 2.10. The molecule has 0 saturated heterocycles. The van der Waals surface area contributed by atoms with Gasteiger partial charge >= 0.3 is 0 Å². The first kappa shape index (κ1) is 16.5. The molecule has 2 N–H and O–H groups in total. The van der Waals surface area contributed by atoms with Crippen LogP contribution in [0.4, 0.5) is 0 Å². The average molecular weight is 335 g/mol. The molecular weight excluding hydrogens is 318 g/mol. The lowest BCUT2D eigenvalue weighted by atomic mass is 10.2. The maximum Gasteiger partial charge on any atom is 0.273 e. The third-order valence-corrected chi connectivity index (χ3v) is 3.59. The summed E-state index contributed by atoms with van der Waals surface area (Å²) in [6.07, 6.45) is 2.06. The second-order valence-electron chi connectivity index (χ2n) is 5.41. The van der Waals surface area contributed by atoms with E-state index in [0.717, 1.165) is 11.3 Å². The molecule has 0 unspecified atom stereocenters. The predicted molar refractivity (Wildman–Crippen MR) is 92.5 cm³/mol. The quantitative estimate of drug-likeness (QED) is 0.710. The fraction of sp³-hybridized carbons (Fsp3) is 0.167. The Morgan fingerprint density at radius 2 is 1.84 bits per heavy atom. The number of hydrogen-bond acceptors (Lipinski definition) is 5. The highest BCUT2D eigenvalue weighted by Gasteiger charge is 2.09. The van der Waals surface area contributed by atoms with Crippen molar-refractivity contribution >= 4 is 5.91 Å². The number of carbonyl (C=O) groups is 1. The van der Waals surface area contributed by atoms with Crippen molar-refractivity contribution < 1.29 is 4.79 Å². The molecule has 1 aromatic carbocycles. The molecule has 0 aliphatic heterocycles. The molecule has 0 spiro atoms. The summed E-state index contributed by atoms with van der Waals surface area (Å²) >= 11 is 0. The number of nitrogens with zero attached hydrogens (tertiary/aromatic N) is 3. The van der Waals surface area contributed by atoms with Crippen LogP contribution in [0, 0.1) is 0 Å². The number of aromatic amines is 1. The van der Waals surface area contributed by atoms with E-state index in [1.54, 1.807) is 6.20 Å². The third-order valence-electron chi connectivity index (χ3n) is 3.59. The van der Waals surface area contributed by atoms with Gasteiger partial charge in [-0.3, -0.25) is 14.6 Å². The summed E-state index contributed by atoms with van der Waals surface area (Å²) in [6, 6.07) is 14.8. The molecular formula is C18H17N5O2. The molecule has 1 amide bonds. The van der Waals surface area contributed by atoms with Crippen molar-refractivity contribution in [2.75, 3.05) is 0 Å². The summed E-state index contributed by atoms with van der Waals surface area (Å²) in [6.45, 7) is 0.356. The van der Waals surface area contributed by atoms with Crippen LogP contribution in [0.1, 0.15) is 17.8 Å². The number of aryl methyl sites for hydroxylation is 1. The molecule has 0 fully saturated rings. The molecule has 3 rings (SSSR count). The lowest BCUT2D eigenvalue weighted by Crippen LogP contribution is -2.25. The second-order valence-corrected chi connectivity index (χ2v) is 5.41. The zero-order valence-electron chi connectivity index (χ0n) is 13.5. The van der Waals surface area contributed by atoms with Crippen molar-refractivity contribution in [3.8, 4) is 11.4 Å². The molecule has 0 radical (unpaired) electrons. The van der Waals surface area contributed by atoms with E-state index in [1.807, 2.05) is 48.5 Å². The fourth-order valence-corrected chi connectivity index (χ4v) is 2.26. The van der Waals surface area contributed by atoms with E-state index in [2.05, 4.69) is 25.5 Å². The van der Waals surface area contributed by atoms with Gasteiger partial charge in [0.15, 0.2) is 5.82 Å². The molecule has 7 nitrogen and oxygen atoms in total. The summed E-state index contributed by atoms with van der Waals surface area (Å²) in [7, 11) is 0. The van der Waals surface area contributed by atoms with Gasteiger partial charge in [-0.15, -0.1) is 10.2 Å². The predicted octanol–water partition coefficient (Wildman–Crippen LogP) is 1.48. The fourth-order valence-electron chi connectivity index (χ4n) is 2.26. The Hall–Kier alpha value is -3.35. The van der Waals surface area contributed by atoms with Gasteiger partial charge in [-0.1, -0.05) is 36.4 Å². The molecule has 0 atom stereocenters. The van der Waals surface area contributed by atoms with Gasteiger partial charge in [0.25, 0.3) is 5.56 Å². The largest absolute Gasteiger partial charge is 0.350 e. The topological polar surface area (TPSA) is 101 Å². The van der Waals surface area contributed by atoms with E-state index in [4.69, 9.17) is 0 Å². The van der Waals surface area contributed by atoms with Crippen LogP contribution < -0.4 is 10.9 Å². The normalized spacial score (nSPS) is 10.4. The van der Waals surface area contributed by atoms with Crippen molar-refractivity contribution in [1.82, 2.24) is 25.5 Å². The molecule has 0 bridgehead atoms. The number of carbonyl (C=O) groups excluding carboxylic acids is 1. The van der Waals surface area contributed by atoms with E-state index >= 15 is 0 Å². The van der Waals surface area contributed by atoms with Gasteiger partial charge in [0.1, 0.15) is 5.69 Å². The SMILES string of the molecule is O=C(CCc1nnc(-c2ccccc2)[nH]c1=O)NCc1ccccn1. The Labute approximate surface area is 144 Å². The summed E-state index contributed by atoms with van der Waals surface area (Å²) < 4.78 is 0. The van der Waals surface area contributed by atoms with Crippen LogP contribution in [-0.4, -0.2) is 26.1 Å². The summed E-state index contributed by atoms with van der Waals surface area (Å²) in [5.41, 5.74) is 1.48. The standard InChI is InChI=1S/C18H17N5O2/c24-16(20-12-14-8-4-5-11-19-14)10-9-15-18(25)21-17(23-22-15)13-6-2-1-3-7-13/h1-8,11H,9-10,12H2,(H,20,24)(H,21,23,25). The minimum Gasteiger partial charge on any atom is -0.350 e. The van der Waals surface area contributed by atoms with E-state index in [0.29, 0.717) is 12.4 Å². The van der Waals surface area contributed by atoms with Crippen molar-refractivity contribution in [3.05, 3.63) is 76.5 Å². The van der Waals surface area contributed by atoms with Gasteiger partial charge in [0.05, 0.1) is 12.2 Å². The summed E-state index contributed by atoms with van der Waals surface area (Å²) in [4.78, 5) is 30.8. The van der Waals surface area contributed by atoms with Gasteiger partial charge in [-0.05, 0) is 12.1 Å². The van der Waals surface area contributed by atoms with Gasteiger partial charge in [-0.25, -0.2) is 0 Å². The van der Waals surface area contributed by atoms with Crippen LogP contribution in [-0.2, 0) is 17.8 Å². The number of benzene rings is 1. The van der Waals surface area contributed by atoms with Gasteiger partial charge in [0, 0.05) is 24.6 Å². The highest BCUT2D eigenvalue weighted by atomic mass is 16.1. The number of H-pyrrole nitrogens is 1. The van der Waals surface area contributed by atoms with Crippen LogP contribution in [0.25, 0.3) is 11.4 Å². The molecule has 3 aromatic rings. The minimum atomic E-state index is -0.327. The average Bonchev–Trinajstić information content (AvgIpc) is 2.67. The van der Waals surface area contributed by atoms with Crippen molar-refractivity contribution in [1.29, 1.82) is 0 Å². The Morgan fingerprint density at radius 1 is 1.04 bits per heavy atom. The molecule has 7 heteroatoms. The second kappa shape index (κ2) is 7.96. The maximum atomic E-state index is 12.1. The molecule has 0 aliphatic rings. The first-order chi connectivity index (χ1) is 12.2. The Morgan fingerprint density at radius 3 is 2.56 bits per heavy atom. The first-order valence-electron chi connectivity index (χ1n) is 7.90. The lowest BCUT2D eigenvalue weighted by Gasteiger charge is -2.05. The van der Waals surface area contributed by atoms with Crippen LogP contribution in [0.5, 0.6) is 0 Å². The first-order valence-corrected chi connectivity index (χ1v) is 7.90. The number of rotatable bonds is 6.